The minimum absolute atomic E-state index is 0.0520. The third-order valence-electron chi connectivity index (χ3n) is 3.61. The fourth-order valence-corrected chi connectivity index (χ4v) is 2.28. The molecule has 0 radical (unpaired) electrons. The second-order valence-electron chi connectivity index (χ2n) is 6.29. The van der Waals surface area contributed by atoms with Crippen LogP contribution in [0.1, 0.15) is 37.2 Å². The van der Waals surface area contributed by atoms with Crippen LogP contribution in [0.4, 0.5) is 0 Å². The maximum absolute atomic E-state index is 11.8. The maximum atomic E-state index is 11.8. The van der Waals surface area contributed by atoms with Gasteiger partial charge in [0, 0.05) is 32.8 Å². The molecule has 1 heterocycles. The average Bonchev–Trinajstić information content (AvgIpc) is 2.67. The van der Waals surface area contributed by atoms with E-state index in [1.165, 1.54) is 4.90 Å². The number of rotatable bonds is 7. The Morgan fingerprint density at radius 3 is 2.45 bits per heavy atom. The fraction of sp³-hybridized carbons (Fsp3) is 0.688. The average molecular weight is 308 g/mol. The minimum Gasteiger partial charge on any atom is -0.347 e. The molecule has 0 atom stereocenters. The normalized spacial score (nSPS) is 10.9. The van der Waals surface area contributed by atoms with Crippen LogP contribution < -0.4 is 5.32 Å². The zero-order chi connectivity index (χ0) is 16.9. The van der Waals surface area contributed by atoms with E-state index in [9.17, 15) is 9.59 Å². The summed E-state index contributed by atoms with van der Waals surface area (Å²) >= 11 is 0. The quantitative estimate of drug-likeness (QED) is 0.825. The van der Waals surface area contributed by atoms with Gasteiger partial charge in [-0.2, -0.15) is 5.10 Å². The van der Waals surface area contributed by atoms with E-state index in [0.717, 1.165) is 23.5 Å². The molecule has 0 bridgehead atoms. The van der Waals surface area contributed by atoms with E-state index in [1.807, 2.05) is 18.5 Å². The number of carbonyl (C=O) groups is 2. The largest absolute Gasteiger partial charge is 0.347 e. The first-order chi connectivity index (χ1) is 10.2. The summed E-state index contributed by atoms with van der Waals surface area (Å²) in [5.74, 6) is 0.322. The summed E-state index contributed by atoms with van der Waals surface area (Å²) in [6.45, 7) is 9.28. The van der Waals surface area contributed by atoms with Gasteiger partial charge in [-0.05, 0) is 31.7 Å². The van der Waals surface area contributed by atoms with Gasteiger partial charge in [0.15, 0.2) is 0 Å². The van der Waals surface area contributed by atoms with Crippen molar-refractivity contribution in [2.45, 2.75) is 47.1 Å². The van der Waals surface area contributed by atoms with E-state index in [2.05, 4.69) is 24.3 Å². The topological polar surface area (TPSA) is 67.2 Å². The van der Waals surface area contributed by atoms with Gasteiger partial charge < -0.3 is 10.2 Å². The zero-order valence-corrected chi connectivity index (χ0v) is 14.6. The first-order valence-electron chi connectivity index (χ1n) is 7.72. The smallest absolute Gasteiger partial charge is 0.241 e. The molecule has 1 aromatic heterocycles. The van der Waals surface area contributed by atoms with Crippen molar-refractivity contribution < 1.29 is 9.59 Å². The molecule has 0 aliphatic carbocycles. The highest BCUT2D eigenvalue weighted by Crippen LogP contribution is 2.16. The highest BCUT2D eigenvalue weighted by molar-refractivity contribution is 5.84. The number of hydrogen-bond donors (Lipinski definition) is 1. The first-order valence-corrected chi connectivity index (χ1v) is 7.72. The van der Waals surface area contributed by atoms with Crippen molar-refractivity contribution in [2.75, 3.05) is 20.6 Å². The van der Waals surface area contributed by atoms with Crippen LogP contribution in [0.25, 0.3) is 0 Å². The van der Waals surface area contributed by atoms with Crippen LogP contribution in [0.2, 0.25) is 0 Å². The van der Waals surface area contributed by atoms with Crippen molar-refractivity contribution in [3.63, 3.8) is 0 Å². The molecule has 0 aliphatic heterocycles. The highest BCUT2D eigenvalue weighted by atomic mass is 16.2. The van der Waals surface area contributed by atoms with Crippen LogP contribution in [0.5, 0.6) is 0 Å². The molecule has 1 aromatic rings. The van der Waals surface area contributed by atoms with E-state index in [4.69, 9.17) is 0 Å². The van der Waals surface area contributed by atoms with Gasteiger partial charge in [-0.25, -0.2) is 0 Å². The SMILES string of the molecule is Cc1nn(CC(C)C)c(C)c1CCC(=O)NCC(=O)N(C)C. The predicted octanol–water partition coefficient (Wildman–Crippen LogP) is 1.29. The number of carbonyl (C=O) groups excluding carboxylic acids is 2. The molecule has 22 heavy (non-hydrogen) atoms. The van der Waals surface area contributed by atoms with Gasteiger partial charge >= 0.3 is 0 Å². The molecule has 124 valence electrons. The summed E-state index contributed by atoms with van der Waals surface area (Å²) < 4.78 is 2.02. The lowest BCUT2D eigenvalue weighted by Crippen LogP contribution is -2.36. The number of nitrogens with zero attached hydrogens (tertiary/aromatic N) is 3. The van der Waals surface area contributed by atoms with Gasteiger partial charge in [0.2, 0.25) is 11.8 Å². The molecule has 0 unspecified atom stereocenters. The molecule has 0 aromatic carbocycles. The Labute approximate surface area is 132 Å². The van der Waals surface area contributed by atoms with Crippen LogP contribution in [-0.2, 0) is 22.6 Å². The Hall–Kier alpha value is -1.85. The van der Waals surface area contributed by atoms with Crippen LogP contribution >= 0.6 is 0 Å². The Kier molecular flexibility index (Phi) is 6.59. The van der Waals surface area contributed by atoms with Gasteiger partial charge in [-0.3, -0.25) is 14.3 Å². The van der Waals surface area contributed by atoms with Crippen molar-refractivity contribution in [3.8, 4) is 0 Å². The lowest BCUT2D eigenvalue weighted by molar-refractivity contribution is -0.130. The maximum Gasteiger partial charge on any atom is 0.241 e. The zero-order valence-electron chi connectivity index (χ0n) is 14.6. The summed E-state index contributed by atoms with van der Waals surface area (Å²) in [5, 5.41) is 7.20. The molecule has 0 aliphatic rings. The third kappa shape index (κ3) is 5.16. The molecule has 2 amide bonds. The number of nitrogens with one attached hydrogen (secondary N) is 1. The van der Waals surface area contributed by atoms with Crippen LogP contribution in [0, 0.1) is 19.8 Å². The van der Waals surface area contributed by atoms with Crippen molar-refractivity contribution in [1.82, 2.24) is 20.0 Å². The Bertz CT molecular complexity index is 532. The van der Waals surface area contributed by atoms with Crippen molar-refractivity contribution in [1.29, 1.82) is 0 Å². The minimum atomic E-state index is -0.106. The fourth-order valence-electron chi connectivity index (χ4n) is 2.28. The van der Waals surface area contributed by atoms with E-state index in [-0.39, 0.29) is 18.4 Å². The van der Waals surface area contributed by atoms with E-state index in [1.54, 1.807) is 14.1 Å². The van der Waals surface area contributed by atoms with Crippen LogP contribution in [0.15, 0.2) is 0 Å². The Morgan fingerprint density at radius 1 is 1.27 bits per heavy atom. The standard InChI is InChI=1S/C16H28N4O2/c1-11(2)10-20-13(4)14(12(3)18-20)7-8-15(21)17-9-16(22)19(5)6/h11H,7-10H2,1-6H3,(H,17,21). The third-order valence-corrected chi connectivity index (χ3v) is 3.61. The molecule has 0 fully saturated rings. The molecule has 0 spiro atoms. The van der Waals surface area contributed by atoms with E-state index in [0.29, 0.717) is 18.8 Å². The van der Waals surface area contributed by atoms with E-state index >= 15 is 0 Å². The number of amides is 2. The van der Waals surface area contributed by atoms with E-state index < -0.39 is 0 Å². The van der Waals surface area contributed by atoms with Gasteiger partial charge in [0.05, 0.1) is 12.2 Å². The van der Waals surface area contributed by atoms with Gasteiger partial charge in [0.1, 0.15) is 0 Å². The number of aromatic nitrogens is 2. The molecular formula is C16H28N4O2. The summed E-state index contributed by atoms with van der Waals surface area (Å²) in [7, 11) is 3.34. The molecule has 0 saturated carbocycles. The van der Waals surface area contributed by atoms with Crippen molar-refractivity contribution in [3.05, 3.63) is 17.0 Å². The number of likely N-dealkylation sites (N-methyl/N-ethyl adjacent to an activating group) is 1. The van der Waals surface area contributed by atoms with Gasteiger partial charge in [0.25, 0.3) is 0 Å². The van der Waals surface area contributed by atoms with Crippen LogP contribution in [-0.4, -0.2) is 47.1 Å². The summed E-state index contributed by atoms with van der Waals surface area (Å²) in [4.78, 5) is 24.7. The number of aryl methyl sites for hydroxylation is 1. The van der Waals surface area contributed by atoms with Crippen LogP contribution in [0.3, 0.4) is 0 Å². The summed E-state index contributed by atoms with van der Waals surface area (Å²) in [6.07, 6.45) is 1.02. The summed E-state index contributed by atoms with van der Waals surface area (Å²) in [6, 6.07) is 0. The van der Waals surface area contributed by atoms with Gasteiger partial charge in [-0.15, -0.1) is 0 Å². The summed E-state index contributed by atoms with van der Waals surface area (Å²) in [5.41, 5.74) is 3.24. The molecule has 6 heteroatoms. The lowest BCUT2D eigenvalue weighted by Gasteiger charge is -2.11. The number of hydrogen-bond acceptors (Lipinski definition) is 3. The molecule has 6 nitrogen and oxygen atoms in total. The second-order valence-corrected chi connectivity index (χ2v) is 6.29. The first kappa shape index (κ1) is 18.2. The molecule has 1 rings (SSSR count). The highest BCUT2D eigenvalue weighted by Gasteiger charge is 2.14. The molecular weight excluding hydrogens is 280 g/mol. The van der Waals surface area contributed by atoms with Crippen molar-refractivity contribution in [2.24, 2.45) is 5.92 Å². The lowest BCUT2D eigenvalue weighted by atomic mass is 10.1. The Morgan fingerprint density at radius 2 is 1.91 bits per heavy atom. The molecule has 0 saturated heterocycles. The van der Waals surface area contributed by atoms with Crippen molar-refractivity contribution >= 4 is 11.8 Å². The predicted molar refractivity (Wildman–Crippen MR) is 86.6 cm³/mol. The molecule has 1 N–H and O–H groups in total. The van der Waals surface area contributed by atoms with Gasteiger partial charge in [-0.1, -0.05) is 13.8 Å². The Balaban J connectivity index is 2.56. The second kappa shape index (κ2) is 7.96. The monoisotopic (exact) mass is 308 g/mol.